The van der Waals surface area contributed by atoms with Gasteiger partial charge in [0.1, 0.15) is 77.2 Å². The van der Waals surface area contributed by atoms with Crippen LogP contribution in [0.25, 0.3) is 22.1 Å². The van der Waals surface area contributed by atoms with Gasteiger partial charge < -0.3 is 63.8 Å². The Morgan fingerprint density at radius 3 is 2.17 bits per heavy atom. The van der Waals surface area contributed by atoms with E-state index >= 15 is 0 Å². The minimum Gasteiger partial charge on any atom is -0.507 e. The van der Waals surface area contributed by atoms with E-state index in [1.54, 1.807) is 24.3 Å². The van der Waals surface area contributed by atoms with Gasteiger partial charge in [-0.15, -0.1) is 0 Å². The SMILES string of the molecule is COc1ccc(-c2coc3cc(O[C@H]4O[C@@H](CO[C@@H]5O[C@H](C)[C@@H](O)[C@@H](O)[C@@H]5O)[C@H](O)[C@@H](O)[C@@H]4O)cc(O)c3c2=O)cc1. The monoisotopic (exact) mass is 592 g/mol. The van der Waals surface area contributed by atoms with E-state index in [0.717, 1.165) is 6.07 Å². The highest BCUT2D eigenvalue weighted by Gasteiger charge is 2.47. The minimum absolute atomic E-state index is 0.0312. The first-order chi connectivity index (χ1) is 20.0. The number of hydrogen-bond acceptors (Lipinski definition) is 14. The third-order valence-corrected chi connectivity index (χ3v) is 7.39. The van der Waals surface area contributed by atoms with Gasteiger partial charge in [-0.1, -0.05) is 12.1 Å². The molecule has 2 aliphatic heterocycles. The van der Waals surface area contributed by atoms with Gasteiger partial charge in [0, 0.05) is 12.1 Å². The molecule has 2 fully saturated rings. The maximum Gasteiger partial charge on any atom is 0.229 e. The maximum atomic E-state index is 13.2. The van der Waals surface area contributed by atoms with Gasteiger partial charge >= 0.3 is 0 Å². The molecule has 0 aliphatic carbocycles. The van der Waals surface area contributed by atoms with Crippen LogP contribution >= 0.6 is 0 Å². The van der Waals surface area contributed by atoms with Crippen molar-refractivity contribution in [3.05, 3.63) is 52.9 Å². The molecule has 2 aromatic carbocycles. The Bertz CT molecular complexity index is 1440. The fourth-order valence-corrected chi connectivity index (χ4v) is 4.87. The van der Waals surface area contributed by atoms with Crippen molar-refractivity contribution < 1.29 is 63.8 Å². The van der Waals surface area contributed by atoms with Crippen LogP contribution in [0.2, 0.25) is 0 Å². The first-order valence-electron chi connectivity index (χ1n) is 13.1. The Morgan fingerprint density at radius 1 is 0.810 bits per heavy atom. The fourth-order valence-electron chi connectivity index (χ4n) is 4.87. The van der Waals surface area contributed by atoms with Gasteiger partial charge in [-0.25, -0.2) is 0 Å². The molecular formula is C28H32O14. The lowest BCUT2D eigenvalue weighted by molar-refractivity contribution is -0.318. The summed E-state index contributed by atoms with van der Waals surface area (Å²) in [6.07, 6.45) is -13.6. The van der Waals surface area contributed by atoms with Crippen LogP contribution in [-0.4, -0.2) is 111 Å². The number of benzene rings is 2. The lowest BCUT2D eigenvalue weighted by Gasteiger charge is -2.42. The molecule has 2 saturated heterocycles. The predicted molar refractivity (Wildman–Crippen MR) is 142 cm³/mol. The first-order valence-corrected chi connectivity index (χ1v) is 13.1. The van der Waals surface area contributed by atoms with Crippen molar-refractivity contribution in [2.75, 3.05) is 13.7 Å². The van der Waals surface area contributed by atoms with Gasteiger partial charge in [0.2, 0.25) is 11.7 Å². The summed E-state index contributed by atoms with van der Waals surface area (Å²) in [5, 5.41) is 71.9. The van der Waals surface area contributed by atoms with Crippen LogP contribution in [0.4, 0.5) is 0 Å². The molecular weight excluding hydrogens is 560 g/mol. The molecule has 2 aliphatic rings. The van der Waals surface area contributed by atoms with Gasteiger partial charge in [-0.2, -0.15) is 0 Å². The second-order valence-electron chi connectivity index (χ2n) is 10.2. The highest BCUT2D eigenvalue weighted by atomic mass is 16.7. The number of methoxy groups -OCH3 is 1. The van der Waals surface area contributed by atoms with Crippen LogP contribution in [-0.2, 0) is 14.2 Å². The number of fused-ring (bicyclic) bond motifs is 1. The maximum absolute atomic E-state index is 13.2. The van der Waals surface area contributed by atoms with Gasteiger partial charge in [0.25, 0.3) is 0 Å². The second-order valence-corrected chi connectivity index (χ2v) is 10.2. The zero-order valence-electron chi connectivity index (χ0n) is 22.5. The molecule has 5 rings (SSSR count). The van der Waals surface area contributed by atoms with E-state index in [1.807, 2.05) is 0 Å². The van der Waals surface area contributed by atoms with E-state index in [2.05, 4.69) is 0 Å². The smallest absolute Gasteiger partial charge is 0.229 e. The summed E-state index contributed by atoms with van der Waals surface area (Å²) in [6.45, 7) is 0.987. The molecule has 0 spiro atoms. The molecule has 10 atom stereocenters. The van der Waals surface area contributed by atoms with Crippen LogP contribution in [0, 0.1) is 0 Å². The van der Waals surface area contributed by atoms with E-state index in [0.29, 0.717) is 11.3 Å². The van der Waals surface area contributed by atoms with Crippen LogP contribution < -0.4 is 14.9 Å². The van der Waals surface area contributed by atoms with Gasteiger partial charge in [-0.3, -0.25) is 4.79 Å². The van der Waals surface area contributed by atoms with Crippen LogP contribution in [0.15, 0.2) is 51.9 Å². The second kappa shape index (κ2) is 12.1. The number of aliphatic hydroxyl groups is 6. The standard InChI is InChI=1S/C28H32O14/c1-11-20(30)23(33)25(35)27(40-11)39-10-18-22(32)24(34)26(36)28(42-18)41-14-7-16(29)19-17(8-14)38-9-15(21(19)31)12-3-5-13(37-2)6-4-12/h3-9,11,18,20,22-30,32-36H,10H2,1-2H3/t11-,18+,20-,22+,23-,24-,25+,26+,27-,28+/m1/s1. The molecule has 7 N–H and O–H groups in total. The van der Waals surface area contributed by atoms with Crippen LogP contribution in [0.1, 0.15) is 6.92 Å². The number of hydrogen-bond donors (Lipinski definition) is 7. The lowest BCUT2D eigenvalue weighted by Crippen LogP contribution is -2.61. The molecule has 0 bridgehead atoms. The van der Waals surface area contributed by atoms with E-state index in [-0.39, 0.29) is 22.3 Å². The Hall–Kier alpha value is -3.31. The molecule has 1 aromatic heterocycles. The molecule has 42 heavy (non-hydrogen) atoms. The number of rotatable bonds is 7. The average molecular weight is 593 g/mol. The molecule has 0 amide bonds. The van der Waals surface area contributed by atoms with E-state index in [9.17, 15) is 40.5 Å². The van der Waals surface area contributed by atoms with Gasteiger partial charge in [0.05, 0.1) is 25.4 Å². The van der Waals surface area contributed by atoms with Crippen molar-refractivity contribution in [2.24, 2.45) is 0 Å². The molecule has 228 valence electrons. The van der Waals surface area contributed by atoms with Crippen molar-refractivity contribution in [3.8, 4) is 28.4 Å². The van der Waals surface area contributed by atoms with Crippen molar-refractivity contribution in [2.45, 2.75) is 68.3 Å². The molecule has 0 unspecified atom stereocenters. The quantitative estimate of drug-likeness (QED) is 0.179. The number of aliphatic hydroxyl groups excluding tert-OH is 6. The van der Waals surface area contributed by atoms with E-state index < -0.39 is 79.2 Å². The van der Waals surface area contributed by atoms with Gasteiger partial charge in [0.15, 0.2) is 6.29 Å². The van der Waals surface area contributed by atoms with Crippen LogP contribution in [0.5, 0.6) is 17.2 Å². The Balaban J connectivity index is 1.33. The molecule has 3 aromatic rings. The highest BCUT2D eigenvalue weighted by Crippen LogP contribution is 2.33. The van der Waals surface area contributed by atoms with E-state index in [4.69, 9.17) is 28.1 Å². The Kier molecular flexibility index (Phi) is 8.71. The Labute approximate surface area is 238 Å². The largest absolute Gasteiger partial charge is 0.507 e. The van der Waals surface area contributed by atoms with Crippen molar-refractivity contribution in [3.63, 3.8) is 0 Å². The summed E-state index contributed by atoms with van der Waals surface area (Å²) < 4.78 is 32.8. The number of aromatic hydroxyl groups is 1. The van der Waals surface area contributed by atoms with Crippen LogP contribution in [0.3, 0.4) is 0 Å². The molecule has 0 radical (unpaired) electrons. The number of phenols is 1. The Morgan fingerprint density at radius 2 is 1.48 bits per heavy atom. The number of phenolic OH excluding ortho intramolecular Hbond substituents is 1. The number of ether oxygens (including phenoxy) is 5. The first kappa shape index (κ1) is 30.2. The van der Waals surface area contributed by atoms with Crippen molar-refractivity contribution in [1.29, 1.82) is 0 Å². The van der Waals surface area contributed by atoms with Crippen molar-refractivity contribution >= 4 is 11.0 Å². The topological polar surface area (TPSA) is 218 Å². The third-order valence-electron chi connectivity index (χ3n) is 7.39. The molecule has 0 saturated carbocycles. The molecule has 14 heteroatoms. The lowest BCUT2D eigenvalue weighted by atomic mass is 9.98. The van der Waals surface area contributed by atoms with Crippen molar-refractivity contribution in [1.82, 2.24) is 0 Å². The highest BCUT2D eigenvalue weighted by molar-refractivity contribution is 5.88. The summed E-state index contributed by atoms with van der Waals surface area (Å²) in [5.41, 5.74) is 0.200. The normalized spacial score (nSPS) is 33.4. The zero-order chi connectivity index (χ0) is 30.3. The van der Waals surface area contributed by atoms with Gasteiger partial charge in [-0.05, 0) is 24.6 Å². The summed E-state index contributed by atoms with van der Waals surface area (Å²) in [4.78, 5) is 13.2. The predicted octanol–water partition coefficient (Wildman–Crippen LogP) is -0.795. The summed E-state index contributed by atoms with van der Waals surface area (Å²) in [6, 6.07) is 9.07. The molecule has 3 heterocycles. The fraction of sp³-hybridized carbons (Fsp3) is 0.464. The summed E-state index contributed by atoms with van der Waals surface area (Å²) >= 11 is 0. The average Bonchev–Trinajstić information content (AvgIpc) is 2.98. The molecule has 14 nitrogen and oxygen atoms in total. The van der Waals surface area contributed by atoms with E-state index in [1.165, 1.54) is 26.4 Å². The zero-order valence-corrected chi connectivity index (χ0v) is 22.5. The minimum atomic E-state index is -1.75. The summed E-state index contributed by atoms with van der Waals surface area (Å²) in [5.74, 6) is 0.0283. The third kappa shape index (κ3) is 5.68. The summed E-state index contributed by atoms with van der Waals surface area (Å²) in [7, 11) is 1.52.